The van der Waals surface area contributed by atoms with Gasteiger partial charge in [0.25, 0.3) is 0 Å². The molecule has 2 aromatic rings. The van der Waals surface area contributed by atoms with Crippen LogP contribution in [0.25, 0.3) is 0 Å². The van der Waals surface area contributed by atoms with Crippen molar-refractivity contribution in [1.82, 2.24) is 19.7 Å². The molecule has 0 unspecified atom stereocenters. The van der Waals surface area contributed by atoms with Gasteiger partial charge in [-0.15, -0.1) is 0 Å². The summed E-state index contributed by atoms with van der Waals surface area (Å²) in [6, 6.07) is 2.35. The van der Waals surface area contributed by atoms with Crippen molar-refractivity contribution in [3.63, 3.8) is 0 Å². The molecule has 0 aromatic carbocycles. The molecule has 1 atom stereocenters. The van der Waals surface area contributed by atoms with Gasteiger partial charge in [-0.25, -0.2) is 18.2 Å². The smallest absolute Gasteiger partial charge is 0.322 e. The third-order valence-electron chi connectivity index (χ3n) is 4.01. The number of carbonyl (C=O) groups excluding carboxylic acids is 1. The Kier molecular flexibility index (Phi) is 4.62. The lowest BCUT2D eigenvalue weighted by atomic mass is 10.1. The highest BCUT2D eigenvalue weighted by Crippen LogP contribution is 2.28. The molecule has 2 aromatic heterocycles. The summed E-state index contributed by atoms with van der Waals surface area (Å²) in [5.41, 5.74) is 1.10. The highest BCUT2D eigenvalue weighted by atomic mass is 32.2. The molecule has 2 amide bonds. The Hall–Kier alpha value is -2.62. The fraction of sp³-hybridized carbons (Fsp3) is 0.400. The molecule has 1 N–H and O–H groups in total. The molecule has 0 aliphatic carbocycles. The molecular weight excluding hydrogens is 346 g/mol. The number of anilines is 1. The largest absolute Gasteiger partial charge is 0.480 e. The monoisotopic (exact) mass is 365 g/mol. The van der Waals surface area contributed by atoms with Crippen LogP contribution in [-0.4, -0.2) is 59.3 Å². The molecule has 0 radical (unpaired) electrons. The first-order chi connectivity index (χ1) is 11.9. The van der Waals surface area contributed by atoms with Gasteiger partial charge in [0, 0.05) is 31.5 Å². The molecule has 1 saturated heterocycles. The lowest BCUT2D eigenvalue weighted by molar-refractivity contribution is 0.194. The van der Waals surface area contributed by atoms with Crippen molar-refractivity contribution in [1.29, 1.82) is 0 Å². The van der Waals surface area contributed by atoms with Crippen LogP contribution >= 0.6 is 0 Å². The van der Waals surface area contributed by atoms with Gasteiger partial charge in [-0.05, 0) is 12.1 Å². The zero-order valence-corrected chi connectivity index (χ0v) is 14.7. The number of urea groups is 1. The summed E-state index contributed by atoms with van der Waals surface area (Å²) in [6.07, 6.45) is 4.85. The molecule has 1 aliphatic rings. The van der Waals surface area contributed by atoms with Crippen LogP contribution in [0.3, 0.4) is 0 Å². The molecule has 3 heterocycles. The molecule has 1 fully saturated rings. The van der Waals surface area contributed by atoms with Gasteiger partial charge in [0.1, 0.15) is 5.69 Å². The van der Waals surface area contributed by atoms with E-state index in [4.69, 9.17) is 4.74 Å². The summed E-state index contributed by atoms with van der Waals surface area (Å²) in [5.74, 6) is 0.0934. The van der Waals surface area contributed by atoms with E-state index in [2.05, 4.69) is 15.4 Å². The SMILES string of the molecule is COc1ncccc1NC(=O)N1CCS(=O)(=O)C[C@@H]1c1cnn(C)c1. The number of hydrogen-bond acceptors (Lipinski definition) is 6. The van der Waals surface area contributed by atoms with E-state index in [1.807, 2.05) is 0 Å². The maximum Gasteiger partial charge on any atom is 0.322 e. The van der Waals surface area contributed by atoms with Crippen molar-refractivity contribution < 1.29 is 17.9 Å². The molecule has 9 nitrogen and oxygen atoms in total. The van der Waals surface area contributed by atoms with Crippen LogP contribution in [0.1, 0.15) is 11.6 Å². The third kappa shape index (κ3) is 3.73. The van der Waals surface area contributed by atoms with Crippen LogP contribution in [-0.2, 0) is 16.9 Å². The first kappa shape index (κ1) is 17.2. The van der Waals surface area contributed by atoms with Crippen molar-refractivity contribution in [2.45, 2.75) is 6.04 Å². The number of nitrogens with zero attached hydrogens (tertiary/aromatic N) is 4. The van der Waals surface area contributed by atoms with Crippen LogP contribution in [0.5, 0.6) is 5.88 Å². The van der Waals surface area contributed by atoms with Crippen LogP contribution < -0.4 is 10.1 Å². The minimum absolute atomic E-state index is 0.0681. The molecule has 10 heteroatoms. The molecule has 0 saturated carbocycles. The van der Waals surface area contributed by atoms with Crippen molar-refractivity contribution >= 4 is 21.6 Å². The number of rotatable bonds is 3. The zero-order chi connectivity index (χ0) is 18.0. The predicted octanol–water partition coefficient (Wildman–Crippen LogP) is 0.827. The van der Waals surface area contributed by atoms with Gasteiger partial charge < -0.3 is 15.0 Å². The van der Waals surface area contributed by atoms with Gasteiger partial charge in [0.15, 0.2) is 9.84 Å². The number of nitrogens with one attached hydrogen (secondary N) is 1. The van der Waals surface area contributed by atoms with Gasteiger partial charge in [-0.2, -0.15) is 5.10 Å². The topological polar surface area (TPSA) is 106 Å². The maximum absolute atomic E-state index is 12.7. The van der Waals surface area contributed by atoms with E-state index < -0.39 is 21.9 Å². The second-order valence-electron chi connectivity index (χ2n) is 5.76. The average Bonchev–Trinajstić information content (AvgIpc) is 3.01. The minimum Gasteiger partial charge on any atom is -0.480 e. The maximum atomic E-state index is 12.7. The van der Waals surface area contributed by atoms with E-state index in [9.17, 15) is 13.2 Å². The zero-order valence-electron chi connectivity index (χ0n) is 13.9. The molecule has 1 aliphatic heterocycles. The Balaban J connectivity index is 1.86. The van der Waals surface area contributed by atoms with Gasteiger partial charge in [-0.3, -0.25) is 4.68 Å². The Morgan fingerprint density at radius 1 is 1.44 bits per heavy atom. The number of amides is 2. The third-order valence-corrected chi connectivity index (χ3v) is 5.64. The summed E-state index contributed by atoms with van der Waals surface area (Å²) in [4.78, 5) is 18.3. The highest BCUT2D eigenvalue weighted by molar-refractivity contribution is 7.91. The number of pyridine rings is 1. The van der Waals surface area contributed by atoms with E-state index in [1.165, 1.54) is 12.0 Å². The molecular formula is C15H19N5O4S. The van der Waals surface area contributed by atoms with Gasteiger partial charge in [-0.1, -0.05) is 0 Å². The van der Waals surface area contributed by atoms with Crippen molar-refractivity contribution in [2.24, 2.45) is 7.05 Å². The number of ether oxygens (including phenoxy) is 1. The second kappa shape index (κ2) is 6.71. The molecule has 25 heavy (non-hydrogen) atoms. The Labute approximate surface area is 145 Å². The van der Waals surface area contributed by atoms with Crippen molar-refractivity contribution in [3.05, 3.63) is 36.3 Å². The van der Waals surface area contributed by atoms with E-state index in [-0.39, 0.29) is 18.1 Å². The molecule has 0 spiro atoms. The van der Waals surface area contributed by atoms with Gasteiger partial charge in [0.2, 0.25) is 5.88 Å². The van der Waals surface area contributed by atoms with Crippen LogP contribution in [0.2, 0.25) is 0 Å². The summed E-state index contributed by atoms with van der Waals surface area (Å²) in [7, 11) is -0.0147. The molecule has 3 rings (SSSR count). The summed E-state index contributed by atoms with van der Waals surface area (Å²) >= 11 is 0. The average molecular weight is 365 g/mol. The Morgan fingerprint density at radius 3 is 2.92 bits per heavy atom. The number of sulfone groups is 1. The Morgan fingerprint density at radius 2 is 2.24 bits per heavy atom. The van der Waals surface area contributed by atoms with Crippen LogP contribution in [0.4, 0.5) is 10.5 Å². The van der Waals surface area contributed by atoms with Crippen LogP contribution in [0.15, 0.2) is 30.7 Å². The number of aromatic nitrogens is 3. The van der Waals surface area contributed by atoms with Gasteiger partial charge in [0.05, 0.1) is 30.9 Å². The predicted molar refractivity (Wildman–Crippen MR) is 91.1 cm³/mol. The quantitative estimate of drug-likeness (QED) is 0.863. The Bertz CT molecular complexity index is 880. The van der Waals surface area contributed by atoms with E-state index in [0.29, 0.717) is 17.1 Å². The van der Waals surface area contributed by atoms with E-state index in [1.54, 1.807) is 42.5 Å². The number of carbonyl (C=O) groups is 1. The first-order valence-electron chi connectivity index (χ1n) is 7.65. The highest BCUT2D eigenvalue weighted by Gasteiger charge is 2.36. The molecule has 134 valence electrons. The lowest BCUT2D eigenvalue weighted by Crippen LogP contribution is -2.47. The summed E-state index contributed by atoms with van der Waals surface area (Å²) in [6.45, 7) is 0.107. The standard InChI is InChI=1S/C15H19N5O4S/c1-19-9-11(8-17-19)13-10-25(22,23)7-6-20(13)15(21)18-12-4-3-5-16-14(12)24-2/h3-5,8-9,13H,6-7,10H2,1-2H3,(H,18,21)/t13-/m1/s1. The molecule has 0 bridgehead atoms. The normalized spacial score (nSPS) is 19.4. The fourth-order valence-electron chi connectivity index (χ4n) is 2.77. The van der Waals surface area contributed by atoms with Crippen LogP contribution in [0, 0.1) is 0 Å². The number of methoxy groups -OCH3 is 1. The summed E-state index contributed by atoms with van der Waals surface area (Å²) < 4.78 is 30.8. The summed E-state index contributed by atoms with van der Waals surface area (Å²) in [5, 5.41) is 6.82. The first-order valence-corrected chi connectivity index (χ1v) is 9.47. The number of hydrogen-bond donors (Lipinski definition) is 1. The second-order valence-corrected chi connectivity index (χ2v) is 7.99. The van der Waals surface area contributed by atoms with E-state index in [0.717, 1.165) is 0 Å². The van der Waals surface area contributed by atoms with Gasteiger partial charge >= 0.3 is 6.03 Å². The fourth-order valence-corrected chi connectivity index (χ4v) is 4.27. The van der Waals surface area contributed by atoms with Crippen molar-refractivity contribution in [3.8, 4) is 5.88 Å². The minimum atomic E-state index is -3.22. The van der Waals surface area contributed by atoms with E-state index >= 15 is 0 Å². The lowest BCUT2D eigenvalue weighted by Gasteiger charge is -2.35. The van der Waals surface area contributed by atoms with Crippen molar-refractivity contribution in [2.75, 3.05) is 30.5 Å². The number of aryl methyl sites for hydroxylation is 1.